The molecule has 0 fully saturated rings. The van der Waals surface area contributed by atoms with Crippen molar-refractivity contribution < 1.29 is 28.5 Å². The Morgan fingerprint density at radius 1 is 0.885 bits per heavy atom. The lowest BCUT2D eigenvalue weighted by molar-refractivity contribution is 0.102. The molecule has 140 valence electrons. The molecule has 0 aliphatic carbocycles. The van der Waals surface area contributed by atoms with E-state index >= 15 is 0 Å². The number of hydrogen-bond donors (Lipinski definition) is 0. The van der Waals surface area contributed by atoms with Crippen molar-refractivity contribution in [2.45, 2.75) is 6.92 Å². The van der Waals surface area contributed by atoms with Gasteiger partial charge >= 0.3 is 0 Å². The fourth-order valence-corrected chi connectivity index (χ4v) is 2.92. The van der Waals surface area contributed by atoms with Gasteiger partial charge < -0.3 is 23.7 Å². The van der Waals surface area contributed by atoms with Gasteiger partial charge in [-0.05, 0) is 18.6 Å². The average molecular weight is 382 g/mol. The quantitative estimate of drug-likeness (QED) is 0.681. The van der Waals surface area contributed by atoms with Crippen LogP contribution >= 0.6 is 11.6 Å². The van der Waals surface area contributed by atoms with Gasteiger partial charge in [-0.25, -0.2) is 4.98 Å². The first-order valence-electron chi connectivity index (χ1n) is 7.55. The first kappa shape index (κ1) is 19.7. The third-order valence-electron chi connectivity index (χ3n) is 3.83. The molecular weight excluding hydrogens is 362 g/mol. The number of hydrogen-bond acceptors (Lipinski definition) is 7. The summed E-state index contributed by atoms with van der Waals surface area (Å²) in [7, 11) is 7.23. The van der Waals surface area contributed by atoms with Crippen LogP contribution < -0.4 is 23.7 Å². The Balaban J connectivity index is 2.82. The van der Waals surface area contributed by atoms with Crippen LogP contribution in [0.2, 0.25) is 5.02 Å². The molecule has 0 spiro atoms. The fraction of sp³-hybridized carbons (Fsp3) is 0.333. The third kappa shape index (κ3) is 3.22. The second-order valence-electron chi connectivity index (χ2n) is 5.19. The Labute approximate surface area is 156 Å². The van der Waals surface area contributed by atoms with E-state index in [4.69, 9.17) is 35.3 Å². The first-order chi connectivity index (χ1) is 12.4. The minimum absolute atomic E-state index is 0.0903. The molecule has 26 heavy (non-hydrogen) atoms. The first-order valence-corrected chi connectivity index (χ1v) is 7.93. The van der Waals surface area contributed by atoms with E-state index in [1.807, 2.05) is 0 Å². The number of ketones is 1. The zero-order valence-electron chi connectivity index (χ0n) is 15.4. The van der Waals surface area contributed by atoms with Crippen molar-refractivity contribution in [1.82, 2.24) is 4.98 Å². The molecule has 0 bridgehead atoms. The zero-order valence-corrected chi connectivity index (χ0v) is 16.2. The van der Waals surface area contributed by atoms with Crippen LogP contribution in [0.3, 0.4) is 0 Å². The van der Waals surface area contributed by atoms with Crippen LogP contribution in [0.4, 0.5) is 0 Å². The molecule has 8 heteroatoms. The molecule has 1 heterocycles. The highest BCUT2D eigenvalue weighted by molar-refractivity contribution is 6.33. The number of aromatic nitrogens is 1. The molecule has 0 unspecified atom stereocenters. The predicted octanol–water partition coefficient (Wildman–Crippen LogP) is 3.32. The van der Waals surface area contributed by atoms with Gasteiger partial charge in [0.15, 0.2) is 17.2 Å². The summed E-state index contributed by atoms with van der Waals surface area (Å²) in [4.78, 5) is 17.5. The molecular formula is C18H20ClNO6. The number of carbonyl (C=O) groups is 1. The third-order valence-corrected chi connectivity index (χ3v) is 4.10. The highest BCUT2D eigenvalue weighted by Crippen LogP contribution is 2.44. The Morgan fingerprint density at radius 3 is 2.00 bits per heavy atom. The Kier molecular flexibility index (Phi) is 6.15. The Bertz CT molecular complexity index is 837. The van der Waals surface area contributed by atoms with E-state index in [0.717, 1.165) is 0 Å². The lowest BCUT2D eigenvalue weighted by Crippen LogP contribution is -2.12. The number of ether oxygens (including phenoxy) is 5. The maximum absolute atomic E-state index is 13.4. The number of benzene rings is 1. The van der Waals surface area contributed by atoms with Crippen molar-refractivity contribution in [3.8, 4) is 28.9 Å². The van der Waals surface area contributed by atoms with E-state index < -0.39 is 5.78 Å². The predicted molar refractivity (Wildman–Crippen MR) is 96.6 cm³/mol. The summed E-state index contributed by atoms with van der Waals surface area (Å²) < 4.78 is 26.7. The number of halogens is 1. The van der Waals surface area contributed by atoms with Gasteiger partial charge in [0.05, 0.1) is 47.3 Å². The van der Waals surface area contributed by atoms with Crippen molar-refractivity contribution >= 4 is 17.4 Å². The monoisotopic (exact) mass is 381 g/mol. The van der Waals surface area contributed by atoms with E-state index in [2.05, 4.69) is 4.98 Å². The molecule has 0 saturated carbocycles. The molecule has 2 aromatic rings. The van der Waals surface area contributed by atoms with Crippen molar-refractivity contribution in [2.24, 2.45) is 0 Å². The summed E-state index contributed by atoms with van der Waals surface area (Å²) in [6.45, 7) is 1.76. The van der Waals surface area contributed by atoms with E-state index in [1.54, 1.807) is 13.0 Å². The number of rotatable bonds is 7. The summed E-state index contributed by atoms with van der Waals surface area (Å²) in [6.07, 6.45) is 1.36. The summed E-state index contributed by atoms with van der Waals surface area (Å²) >= 11 is 6.14. The van der Waals surface area contributed by atoms with Crippen molar-refractivity contribution in [2.75, 3.05) is 35.5 Å². The van der Waals surface area contributed by atoms with Crippen LogP contribution in [0.1, 0.15) is 21.5 Å². The zero-order chi connectivity index (χ0) is 19.4. The van der Waals surface area contributed by atoms with Gasteiger partial charge in [0.25, 0.3) is 0 Å². The van der Waals surface area contributed by atoms with Crippen LogP contribution in [0.25, 0.3) is 0 Å². The van der Waals surface area contributed by atoms with E-state index in [1.165, 1.54) is 41.7 Å². The van der Waals surface area contributed by atoms with Gasteiger partial charge in [0.2, 0.25) is 17.4 Å². The lowest BCUT2D eigenvalue weighted by atomic mass is 9.97. The molecule has 0 radical (unpaired) electrons. The smallest absolute Gasteiger partial charge is 0.228 e. The molecule has 1 aromatic heterocycles. The SMILES string of the molecule is COc1cc(C)c(C(=O)c2c(OC)ncc(Cl)c2OC)c(OC)c1OC. The van der Waals surface area contributed by atoms with Gasteiger partial charge in [-0.1, -0.05) is 11.6 Å². The van der Waals surface area contributed by atoms with Gasteiger partial charge in [-0.2, -0.15) is 0 Å². The summed E-state index contributed by atoms with van der Waals surface area (Å²) in [6, 6.07) is 1.69. The molecule has 0 saturated heterocycles. The van der Waals surface area contributed by atoms with Crippen molar-refractivity contribution in [3.05, 3.63) is 34.0 Å². The van der Waals surface area contributed by atoms with Gasteiger partial charge in [0.1, 0.15) is 10.6 Å². The molecule has 7 nitrogen and oxygen atoms in total. The minimum atomic E-state index is -0.427. The highest BCUT2D eigenvalue weighted by Gasteiger charge is 2.30. The largest absolute Gasteiger partial charge is 0.494 e. The minimum Gasteiger partial charge on any atom is -0.494 e. The number of carbonyl (C=O) groups excluding carboxylic acids is 1. The van der Waals surface area contributed by atoms with E-state index in [0.29, 0.717) is 17.1 Å². The lowest BCUT2D eigenvalue weighted by Gasteiger charge is -2.19. The second-order valence-corrected chi connectivity index (χ2v) is 5.60. The standard InChI is InChI=1S/C18H20ClNO6/c1-9-7-11(22-2)16(24-4)17(25-5)12(9)14(21)13-15(23-3)10(19)8-20-18(13)26-6/h7-8H,1-6H3. The molecule has 0 aliphatic heterocycles. The number of aryl methyl sites for hydroxylation is 1. The number of pyridine rings is 1. The maximum atomic E-state index is 13.4. The van der Waals surface area contributed by atoms with Crippen LogP contribution in [0.15, 0.2) is 12.3 Å². The average Bonchev–Trinajstić information content (AvgIpc) is 2.65. The molecule has 0 atom stereocenters. The Morgan fingerprint density at radius 2 is 1.50 bits per heavy atom. The molecule has 1 aromatic carbocycles. The summed E-state index contributed by atoms with van der Waals surface area (Å²) in [5, 5.41) is 0.189. The van der Waals surface area contributed by atoms with Crippen LogP contribution in [0, 0.1) is 6.92 Å². The topological polar surface area (TPSA) is 76.1 Å². The summed E-state index contributed by atoms with van der Waals surface area (Å²) in [5.41, 5.74) is 0.982. The maximum Gasteiger partial charge on any atom is 0.228 e. The van der Waals surface area contributed by atoms with E-state index in [9.17, 15) is 4.79 Å². The highest BCUT2D eigenvalue weighted by atomic mass is 35.5. The molecule has 0 N–H and O–H groups in total. The second kappa shape index (κ2) is 8.14. The van der Waals surface area contributed by atoms with Crippen LogP contribution in [-0.2, 0) is 0 Å². The van der Waals surface area contributed by atoms with Crippen LogP contribution in [-0.4, -0.2) is 46.3 Å². The number of nitrogens with zero attached hydrogens (tertiary/aromatic N) is 1. The fourth-order valence-electron chi connectivity index (χ4n) is 2.70. The summed E-state index contributed by atoms with van der Waals surface area (Å²) in [5.74, 6) is 0.813. The molecule has 2 rings (SSSR count). The molecule has 0 amide bonds. The van der Waals surface area contributed by atoms with Gasteiger partial charge in [0, 0.05) is 0 Å². The molecule has 0 aliphatic rings. The number of methoxy groups -OCH3 is 5. The van der Waals surface area contributed by atoms with Crippen molar-refractivity contribution in [1.29, 1.82) is 0 Å². The van der Waals surface area contributed by atoms with Crippen LogP contribution in [0.5, 0.6) is 28.9 Å². The van der Waals surface area contributed by atoms with E-state index in [-0.39, 0.29) is 33.5 Å². The van der Waals surface area contributed by atoms with Gasteiger partial charge in [-0.3, -0.25) is 4.79 Å². The van der Waals surface area contributed by atoms with Gasteiger partial charge in [-0.15, -0.1) is 0 Å². The van der Waals surface area contributed by atoms with Crippen molar-refractivity contribution in [3.63, 3.8) is 0 Å². The Hall–Kier alpha value is -2.67. The normalized spacial score (nSPS) is 10.3.